The summed E-state index contributed by atoms with van der Waals surface area (Å²) in [6.45, 7) is 0.653. The fraction of sp³-hybridized carbons (Fsp3) is 0.0625. The summed E-state index contributed by atoms with van der Waals surface area (Å²) in [4.78, 5) is 4.00. The summed E-state index contributed by atoms with van der Waals surface area (Å²) in [6.07, 6.45) is 5.45. The molecule has 96 valence electrons. The van der Waals surface area contributed by atoms with E-state index < -0.39 is 0 Å². The largest absolute Gasteiger partial charge is 0.268 e. The Balaban J connectivity index is 1.83. The van der Waals surface area contributed by atoms with Crippen molar-refractivity contribution in [3.8, 4) is 17.3 Å². The van der Waals surface area contributed by atoms with E-state index in [1.165, 1.54) is 0 Å². The molecule has 0 saturated carbocycles. The first-order chi connectivity index (χ1) is 9.85. The van der Waals surface area contributed by atoms with Gasteiger partial charge < -0.3 is 0 Å². The van der Waals surface area contributed by atoms with Crippen molar-refractivity contribution in [2.75, 3.05) is 0 Å². The number of benzene rings is 1. The van der Waals surface area contributed by atoms with Crippen molar-refractivity contribution in [2.24, 2.45) is 0 Å². The summed E-state index contributed by atoms with van der Waals surface area (Å²) >= 11 is 0. The monoisotopic (exact) mass is 260 g/mol. The molecule has 0 fully saturated rings. The second-order valence-electron chi connectivity index (χ2n) is 4.45. The number of nitrogens with zero attached hydrogens (tertiary/aromatic N) is 4. The number of hydrogen-bond donors (Lipinski definition) is 0. The Morgan fingerprint density at radius 3 is 2.75 bits per heavy atom. The van der Waals surface area contributed by atoms with Crippen molar-refractivity contribution in [1.29, 1.82) is 5.26 Å². The van der Waals surface area contributed by atoms with Gasteiger partial charge in [-0.05, 0) is 35.9 Å². The molecule has 0 bridgehead atoms. The van der Waals surface area contributed by atoms with Crippen LogP contribution in [0.1, 0.15) is 11.1 Å². The van der Waals surface area contributed by atoms with Gasteiger partial charge in [-0.2, -0.15) is 10.4 Å². The molecular formula is C16H12N4. The maximum absolute atomic E-state index is 8.90. The van der Waals surface area contributed by atoms with Gasteiger partial charge in [-0.3, -0.25) is 9.67 Å². The van der Waals surface area contributed by atoms with Crippen LogP contribution in [0.25, 0.3) is 11.3 Å². The van der Waals surface area contributed by atoms with Crippen LogP contribution < -0.4 is 0 Å². The van der Waals surface area contributed by atoms with Gasteiger partial charge in [-0.25, -0.2) is 0 Å². The third kappa shape index (κ3) is 2.57. The van der Waals surface area contributed by atoms with Gasteiger partial charge in [0.25, 0.3) is 0 Å². The SMILES string of the molecule is N#Cc1cccc(Cn2ccc(-c3ccncc3)n2)c1. The average molecular weight is 260 g/mol. The van der Waals surface area contributed by atoms with Crippen LogP contribution in [0.2, 0.25) is 0 Å². The van der Waals surface area contributed by atoms with Crippen LogP contribution in [0, 0.1) is 11.3 Å². The minimum Gasteiger partial charge on any atom is -0.268 e. The highest BCUT2D eigenvalue weighted by Crippen LogP contribution is 2.15. The molecule has 0 aliphatic carbocycles. The molecule has 0 radical (unpaired) electrons. The molecule has 1 aromatic carbocycles. The lowest BCUT2D eigenvalue weighted by molar-refractivity contribution is 0.689. The smallest absolute Gasteiger partial charge is 0.0991 e. The zero-order chi connectivity index (χ0) is 13.8. The molecule has 3 rings (SSSR count). The first-order valence-corrected chi connectivity index (χ1v) is 6.28. The van der Waals surface area contributed by atoms with Crippen LogP contribution in [-0.2, 0) is 6.54 Å². The first kappa shape index (κ1) is 12.1. The van der Waals surface area contributed by atoms with E-state index in [9.17, 15) is 0 Å². The number of rotatable bonds is 3. The quantitative estimate of drug-likeness (QED) is 0.727. The van der Waals surface area contributed by atoms with Crippen molar-refractivity contribution >= 4 is 0 Å². The van der Waals surface area contributed by atoms with E-state index in [1.54, 1.807) is 18.5 Å². The Kier molecular flexibility index (Phi) is 3.25. The van der Waals surface area contributed by atoms with Crippen molar-refractivity contribution < 1.29 is 0 Å². The fourth-order valence-corrected chi connectivity index (χ4v) is 2.05. The van der Waals surface area contributed by atoms with Gasteiger partial charge in [0.05, 0.1) is 23.9 Å². The molecule has 0 unspecified atom stereocenters. The minimum atomic E-state index is 0.653. The van der Waals surface area contributed by atoms with E-state index in [1.807, 2.05) is 47.3 Å². The van der Waals surface area contributed by atoms with Gasteiger partial charge in [0.2, 0.25) is 0 Å². The lowest BCUT2D eigenvalue weighted by Crippen LogP contribution is -2.00. The van der Waals surface area contributed by atoms with Gasteiger partial charge in [0.1, 0.15) is 0 Å². The summed E-state index contributed by atoms with van der Waals surface area (Å²) in [7, 11) is 0. The zero-order valence-corrected chi connectivity index (χ0v) is 10.8. The zero-order valence-electron chi connectivity index (χ0n) is 10.8. The lowest BCUT2D eigenvalue weighted by Gasteiger charge is -2.02. The van der Waals surface area contributed by atoms with Crippen LogP contribution in [0.3, 0.4) is 0 Å². The highest BCUT2D eigenvalue weighted by molar-refractivity contribution is 5.57. The predicted octanol–water partition coefficient (Wildman–Crippen LogP) is 2.87. The second kappa shape index (κ2) is 5.37. The molecule has 0 saturated heterocycles. The molecule has 4 heteroatoms. The Bertz CT molecular complexity index is 753. The van der Waals surface area contributed by atoms with Crippen molar-refractivity contribution in [3.05, 3.63) is 72.2 Å². The normalized spacial score (nSPS) is 10.2. The van der Waals surface area contributed by atoms with Crippen LogP contribution >= 0.6 is 0 Å². The molecule has 2 heterocycles. The number of pyridine rings is 1. The van der Waals surface area contributed by atoms with E-state index >= 15 is 0 Å². The maximum Gasteiger partial charge on any atom is 0.0991 e. The topological polar surface area (TPSA) is 54.5 Å². The molecule has 0 spiro atoms. The molecule has 4 nitrogen and oxygen atoms in total. The van der Waals surface area contributed by atoms with Crippen LogP contribution in [-0.4, -0.2) is 14.8 Å². The lowest BCUT2D eigenvalue weighted by atomic mass is 10.1. The summed E-state index contributed by atoms with van der Waals surface area (Å²) in [6, 6.07) is 15.6. The summed E-state index contributed by atoms with van der Waals surface area (Å²) in [5.74, 6) is 0. The van der Waals surface area contributed by atoms with E-state index in [0.29, 0.717) is 12.1 Å². The third-order valence-corrected chi connectivity index (χ3v) is 3.02. The van der Waals surface area contributed by atoms with Gasteiger partial charge in [-0.15, -0.1) is 0 Å². The molecule has 0 amide bonds. The minimum absolute atomic E-state index is 0.653. The Labute approximate surface area is 116 Å². The van der Waals surface area contributed by atoms with Gasteiger partial charge in [-0.1, -0.05) is 12.1 Å². The van der Waals surface area contributed by atoms with Gasteiger partial charge in [0.15, 0.2) is 0 Å². The molecule has 0 aliphatic heterocycles. The maximum atomic E-state index is 8.90. The molecule has 2 aromatic heterocycles. The number of aromatic nitrogens is 3. The van der Waals surface area contributed by atoms with Gasteiger partial charge >= 0.3 is 0 Å². The van der Waals surface area contributed by atoms with Crippen LogP contribution in [0.5, 0.6) is 0 Å². The Morgan fingerprint density at radius 2 is 1.95 bits per heavy atom. The summed E-state index contributed by atoms with van der Waals surface area (Å²) in [5.41, 5.74) is 3.70. The van der Waals surface area contributed by atoms with Crippen molar-refractivity contribution in [1.82, 2.24) is 14.8 Å². The van der Waals surface area contributed by atoms with Gasteiger partial charge in [0, 0.05) is 24.2 Å². The molecular weight excluding hydrogens is 248 g/mol. The average Bonchev–Trinajstić information content (AvgIpc) is 2.97. The summed E-state index contributed by atoms with van der Waals surface area (Å²) < 4.78 is 1.87. The molecule has 0 N–H and O–H groups in total. The van der Waals surface area contributed by atoms with E-state index in [4.69, 9.17) is 5.26 Å². The van der Waals surface area contributed by atoms with Crippen LogP contribution in [0.4, 0.5) is 0 Å². The Hall–Kier alpha value is -2.93. The highest BCUT2D eigenvalue weighted by atomic mass is 15.3. The van der Waals surface area contributed by atoms with Crippen molar-refractivity contribution in [3.63, 3.8) is 0 Å². The predicted molar refractivity (Wildman–Crippen MR) is 75.7 cm³/mol. The molecule has 20 heavy (non-hydrogen) atoms. The molecule has 0 atom stereocenters. The molecule has 3 aromatic rings. The highest BCUT2D eigenvalue weighted by Gasteiger charge is 2.03. The van der Waals surface area contributed by atoms with Crippen molar-refractivity contribution in [2.45, 2.75) is 6.54 Å². The molecule has 0 aliphatic rings. The van der Waals surface area contributed by atoms with E-state index in [-0.39, 0.29) is 0 Å². The third-order valence-electron chi connectivity index (χ3n) is 3.02. The fourth-order valence-electron chi connectivity index (χ4n) is 2.05. The Morgan fingerprint density at radius 1 is 1.10 bits per heavy atom. The first-order valence-electron chi connectivity index (χ1n) is 6.28. The number of hydrogen-bond acceptors (Lipinski definition) is 3. The van der Waals surface area contributed by atoms with E-state index in [2.05, 4.69) is 16.2 Å². The standard InChI is InChI=1S/C16H12N4/c17-11-13-2-1-3-14(10-13)12-20-9-6-16(19-20)15-4-7-18-8-5-15/h1-10H,12H2. The second-order valence-corrected chi connectivity index (χ2v) is 4.45. The van der Waals surface area contributed by atoms with E-state index in [0.717, 1.165) is 16.8 Å². The summed E-state index contributed by atoms with van der Waals surface area (Å²) in [5, 5.41) is 13.4. The van der Waals surface area contributed by atoms with Crippen LogP contribution in [0.15, 0.2) is 61.1 Å². The number of nitriles is 1.